The van der Waals surface area contributed by atoms with Crippen molar-refractivity contribution in [2.24, 2.45) is 5.73 Å². The van der Waals surface area contributed by atoms with Crippen molar-refractivity contribution in [3.8, 4) is 0 Å². The first-order valence-electron chi connectivity index (χ1n) is 5.12. The fourth-order valence-corrected chi connectivity index (χ4v) is 1.74. The maximum atomic E-state index is 12.2. The van der Waals surface area contributed by atoms with Crippen molar-refractivity contribution >= 4 is 5.91 Å². The Bertz CT molecular complexity index is 245. The largest absolute Gasteiger partial charge is 0.471 e. The number of amides is 1. The highest BCUT2D eigenvalue weighted by atomic mass is 19.4. The molecule has 4 nitrogen and oxygen atoms in total. The van der Waals surface area contributed by atoms with E-state index in [0.29, 0.717) is 26.0 Å². The number of ether oxygens (including phenoxy) is 1. The molecule has 0 aromatic carbocycles. The Balaban J connectivity index is 2.49. The van der Waals surface area contributed by atoms with Crippen LogP contribution in [0.25, 0.3) is 0 Å². The van der Waals surface area contributed by atoms with Crippen molar-refractivity contribution in [2.45, 2.75) is 25.1 Å². The summed E-state index contributed by atoms with van der Waals surface area (Å²) < 4.78 is 41.7. The number of nitrogens with two attached hydrogens (primary N) is 1. The lowest BCUT2D eigenvalue weighted by Crippen LogP contribution is -2.45. The van der Waals surface area contributed by atoms with Gasteiger partial charge in [-0.1, -0.05) is 0 Å². The van der Waals surface area contributed by atoms with Crippen LogP contribution in [0.15, 0.2) is 0 Å². The van der Waals surface area contributed by atoms with E-state index in [1.165, 1.54) is 0 Å². The van der Waals surface area contributed by atoms with Crippen LogP contribution in [0.5, 0.6) is 0 Å². The van der Waals surface area contributed by atoms with Gasteiger partial charge in [-0.25, -0.2) is 0 Å². The summed E-state index contributed by atoms with van der Waals surface area (Å²) in [6, 6.07) is -0.472. The number of alkyl halides is 3. The summed E-state index contributed by atoms with van der Waals surface area (Å²) >= 11 is 0. The van der Waals surface area contributed by atoms with E-state index < -0.39 is 18.1 Å². The Morgan fingerprint density at radius 2 is 2.19 bits per heavy atom. The molecule has 2 N–H and O–H groups in total. The fourth-order valence-electron chi connectivity index (χ4n) is 1.74. The topological polar surface area (TPSA) is 55.6 Å². The van der Waals surface area contributed by atoms with Gasteiger partial charge in [0.1, 0.15) is 0 Å². The highest BCUT2D eigenvalue weighted by Gasteiger charge is 2.45. The molecule has 1 aliphatic heterocycles. The number of nitrogens with zero attached hydrogens (tertiary/aromatic N) is 1. The van der Waals surface area contributed by atoms with E-state index >= 15 is 0 Å². The maximum Gasteiger partial charge on any atom is 0.471 e. The lowest BCUT2D eigenvalue weighted by Gasteiger charge is -2.25. The minimum absolute atomic E-state index is 0.124. The average molecular weight is 240 g/mol. The molecule has 0 bridgehead atoms. The summed E-state index contributed by atoms with van der Waals surface area (Å²) in [6.07, 6.45) is -3.67. The quantitative estimate of drug-likeness (QED) is 0.729. The van der Waals surface area contributed by atoms with Gasteiger partial charge in [0, 0.05) is 13.1 Å². The molecule has 7 heteroatoms. The molecule has 1 rings (SSSR count). The molecule has 0 spiro atoms. The Morgan fingerprint density at radius 1 is 1.50 bits per heavy atom. The predicted octanol–water partition coefficient (Wildman–Crippen LogP) is 0.515. The van der Waals surface area contributed by atoms with E-state index in [-0.39, 0.29) is 13.2 Å². The molecule has 94 valence electrons. The molecule has 1 heterocycles. The standard InChI is InChI=1S/C9H15F3N2O2/c10-9(11,12)8(15)14-4-1-2-7(14)6-16-5-3-13/h7H,1-6,13H2. The van der Waals surface area contributed by atoms with Gasteiger partial charge in [-0.15, -0.1) is 0 Å². The smallest absolute Gasteiger partial charge is 0.378 e. The molecule has 0 aliphatic carbocycles. The Hall–Kier alpha value is -0.820. The van der Waals surface area contributed by atoms with Gasteiger partial charge in [0.2, 0.25) is 0 Å². The molecule has 1 unspecified atom stereocenters. The van der Waals surface area contributed by atoms with Crippen LogP contribution in [0, 0.1) is 0 Å². The highest BCUT2D eigenvalue weighted by Crippen LogP contribution is 2.25. The first-order valence-corrected chi connectivity index (χ1v) is 5.12. The second-order valence-corrected chi connectivity index (χ2v) is 3.66. The summed E-state index contributed by atoms with van der Waals surface area (Å²) in [5, 5.41) is 0. The molecular formula is C9H15F3N2O2. The lowest BCUT2D eigenvalue weighted by atomic mass is 10.2. The summed E-state index contributed by atoms with van der Waals surface area (Å²) in [5.41, 5.74) is 5.19. The molecule has 0 aromatic rings. The Morgan fingerprint density at radius 3 is 2.75 bits per heavy atom. The average Bonchev–Trinajstić information content (AvgIpc) is 2.64. The maximum absolute atomic E-state index is 12.2. The van der Waals surface area contributed by atoms with Crippen LogP contribution >= 0.6 is 0 Å². The highest BCUT2D eigenvalue weighted by molar-refractivity contribution is 5.82. The van der Waals surface area contributed by atoms with Crippen molar-refractivity contribution < 1.29 is 22.7 Å². The van der Waals surface area contributed by atoms with E-state index in [9.17, 15) is 18.0 Å². The summed E-state index contributed by atoms with van der Waals surface area (Å²) in [5.74, 6) is -1.77. The monoisotopic (exact) mass is 240 g/mol. The van der Waals surface area contributed by atoms with Gasteiger partial charge in [-0.3, -0.25) is 4.79 Å². The third kappa shape index (κ3) is 3.34. The van der Waals surface area contributed by atoms with Crippen LogP contribution in [-0.4, -0.2) is 49.3 Å². The van der Waals surface area contributed by atoms with Crippen molar-refractivity contribution in [3.05, 3.63) is 0 Å². The van der Waals surface area contributed by atoms with Gasteiger partial charge >= 0.3 is 12.1 Å². The molecule has 1 saturated heterocycles. The SMILES string of the molecule is NCCOCC1CCCN1C(=O)C(F)(F)F. The van der Waals surface area contributed by atoms with E-state index in [4.69, 9.17) is 10.5 Å². The zero-order valence-corrected chi connectivity index (χ0v) is 8.79. The summed E-state index contributed by atoms with van der Waals surface area (Å²) in [4.78, 5) is 11.9. The predicted molar refractivity (Wildman–Crippen MR) is 50.7 cm³/mol. The van der Waals surface area contributed by atoms with E-state index in [0.717, 1.165) is 4.90 Å². The molecule has 0 saturated carbocycles. The molecule has 0 aromatic heterocycles. The number of hydrogen-bond donors (Lipinski definition) is 1. The molecule has 1 aliphatic rings. The molecule has 0 radical (unpaired) electrons. The third-order valence-electron chi connectivity index (χ3n) is 2.45. The number of hydrogen-bond acceptors (Lipinski definition) is 3. The van der Waals surface area contributed by atoms with Crippen molar-refractivity contribution in [1.82, 2.24) is 4.90 Å². The normalized spacial score (nSPS) is 21.5. The van der Waals surface area contributed by atoms with Crippen molar-refractivity contribution in [2.75, 3.05) is 26.3 Å². The van der Waals surface area contributed by atoms with E-state index in [1.807, 2.05) is 0 Å². The minimum Gasteiger partial charge on any atom is -0.378 e. The number of carbonyl (C=O) groups is 1. The van der Waals surface area contributed by atoms with Crippen molar-refractivity contribution in [1.29, 1.82) is 0 Å². The molecule has 1 amide bonds. The van der Waals surface area contributed by atoms with Crippen LogP contribution in [0.4, 0.5) is 13.2 Å². The van der Waals surface area contributed by atoms with Gasteiger partial charge < -0.3 is 15.4 Å². The molecule has 1 atom stereocenters. The van der Waals surface area contributed by atoms with Gasteiger partial charge in [-0.2, -0.15) is 13.2 Å². The summed E-state index contributed by atoms with van der Waals surface area (Å²) in [7, 11) is 0. The first-order chi connectivity index (χ1) is 7.46. The molecule has 16 heavy (non-hydrogen) atoms. The first kappa shape index (κ1) is 13.2. The number of likely N-dealkylation sites (tertiary alicyclic amines) is 1. The van der Waals surface area contributed by atoms with Crippen LogP contribution < -0.4 is 5.73 Å². The van der Waals surface area contributed by atoms with E-state index in [1.54, 1.807) is 0 Å². The zero-order valence-electron chi connectivity index (χ0n) is 8.79. The van der Waals surface area contributed by atoms with Crippen molar-refractivity contribution in [3.63, 3.8) is 0 Å². The second kappa shape index (κ2) is 5.49. The van der Waals surface area contributed by atoms with Gasteiger partial charge in [0.05, 0.1) is 19.3 Å². The van der Waals surface area contributed by atoms with E-state index in [2.05, 4.69) is 0 Å². The molecular weight excluding hydrogens is 225 g/mol. The van der Waals surface area contributed by atoms with Crippen LogP contribution in [0.1, 0.15) is 12.8 Å². The van der Waals surface area contributed by atoms with Crippen LogP contribution in [0.3, 0.4) is 0 Å². The second-order valence-electron chi connectivity index (χ2n) is 3.66. The van der Waals surface area contributed by atoms with Crippen LogP contribution in [0.2, 0.25) is 0 Å². The van der Waals surface area contributed by atoms with Gasteiger partial charge in [-0.05, 0) is 12.8 Å². The van der Waals surface area contributed by atoms with Gasteiger partial charge in [0.15, 0.2) is 0 Å². The minimum atomic E-state index is -4.80. The lowest BCUT2D eigenvalue weighted by molar-refractivity contribution is -0.187. The van der Waals surface area contributed by atoms with Crippen LogP contribution in [-0.2, 0) is 9.53 Å². The Kier molecular flexibility index (Phi) is 4.55. The number of carbonyl (C=O) groups excluding carboxylic acids is 1. The summed E-state index contributed by atoms with van der Waals surface area (Å²) in [6.45, 7) is 0.887. The third-order valence-corrected chi connectivity index (χ3v) is 2.45. The number of halogens is 3. The fraction of sp³-hybridized carbons (Fsp3) is 0.889. The molecule has 1 fully saturated rings. The Labute approximate surface area is 91.5 Å². The van der Waals surface area contributed by atoms with Gasteiger partial charge in [0.25, 0.3) is 0 Å². The zero-order chi connectivity index (χ0) is 12.2. The number of rotatable bonds is 4.